The summed E-state index contributed by atoms with van der Waals surface area (Å²) in [6.07, 6.45) is 20.7. The van der Waals surface area contributed by atoms with Gasteiger partial charge in [0.15, 0.2) is 0 Å². The Labute approximate surface area is 164 Å². The van der Waals surface area contributed by atoms with Crippen LogP contribution in [0.2, 0.25) is 0 Å². The molecule has 0 aliphatic heterocycles. The molecule has 0 aliphatic rings. The summed E-state index contributed by atoms with van der Waals surface area (Å²) in [5.41, 5.74) is 1.40. The Morgan fingerprint density at radius 1 is 0.880 bits per heavy atom. The molecule has 0 aromatic heterocycles. The SMILES string of the molecule is CCCCCCC=CCCCCCCCc1cccc(OCCBr)c1. The Hall–Kier alpha value is -0.760. The van der Waals surface area contributed by atoms with Crippen molar-refractivity contribution < 1.29 is 4.74 Å². The van der Waals surface area contributed by atoms with Crippen LogP contribution in [0.4, 0.5) is 0 Å². The molecule has 0 saturated heterocycles. The monoisotopic (exact) mass is 408 g/mol. The van der Waals surface area contributed by atoms with Gasteiger partial charge in [0.1, 0.15) is 5.75 Å². The zero-order valence-corrected chi connectivity index (χ0v) is 17.7. The Balaban J connectivity index is 1.95. The van der Waals surface area contributed by atoms with E-state index in [-0.39, 0.29) is 0 Å². The van der Waals surface area contributed by atoms with E-state index in [4.69, 9.17) is 4.74 Å². The lowest BCUT2D eigenvalue weighted by Gasteiger charge is -2.07. The second kappa shape index (κ2) is 16.7. The third kappa shape index (κ3) is 13.1. The molecule has 1 aromatic rings. The zero-order valence-electron chi connectivity index (χ0n) is 16.1. The van der Waals surface area contributed by atoms with Crippen molar-refractivity contribution in [1.29, 1.82) is 0 Å². The highest BCUT2D eigenvalue weighted by Crippen LogP contribution is 2.16. The first-order valence-corrected chi connectivity index (χ1v) is 11.4. The molecule has 0 bridgehead atoms. The molecule has 0 atom stereocenters. The van der Waals surface area contributed by atoms with Gasteiger partial charge in [-0.3, -0.25) is 0 Å². The number of rotatable bonds is 16. The first kappa shape index (κ1) is 22.3. The van der Waals surface area contributed by atoms with Gasteiger partial charge in [-0.15, -0.1) is 0 Å². The summed E-state index contributed by atoms with van der Waals surface area (Å²) in [7, 11) is 0. The van der Waals surface area contributed by atoms with E-state index in [1.165, 1.54) is 82.6 Å². The molecular formula is C23H37BrO. The predicted octanol–water partition coefficient (Wildman–Crippen LogP) is 7.87. The molecule has 0 N–H and O–H groups in total. The Bertz CT molecular complexity index is 441. The third-order valence-corrected chi connectivity index (χ3v) is 4.80. The van der Waals surface area contributed by atoms with Crippen LogP contribution in [0.3, 0.4) is 0 Å². The minimum Gasteiger partial charge on any atom is -0.493 e. The summed E-state index contributed by atoms with van der Waals surface area (Å²) in [6.45, 7) is 3.00. The van der Waals surface area contributed by atoms with Gasteiger partial charge in [-0.25, -0.2) is 0 Å². The van der Waals surface area contributed by atoms with Crippen molar-refractivity contribution in [3.63, 3.8) is 0 Å². The van der Waals surface area contributed by atoms with Crippen molar-refractivity contribution in [2.24, 2.45) is 0 Å². The Morgan fingerprint density at radius 3 is 2.28 bits per heavy atom. The van der Waals surface area contributed by atoms with Crippen LogP contribution in [-0.4, -0.2) is 11.9 Å². The molecule has 25 heavy (non-hydrogen) atoms. The number of halogens is 1. The molecule has 1 nitrogen and oxygen atoms in total. The van der Waals surface area contributed by atoms with Crippen molar-refractivity contribution in [2.75, 3.05) is 11.9 Å². The maximum Gasteiger partial charge on any atom is 0.119 e. The third-order valence-electron chi connectivity index (χ3n) is 4.47. The minimum absolute atomic E-state index is 0.733. The van der Waals surface area contributed by atoms with Gasteiger partial charge >= 0.3 is 0 Å². The highest BCUT2D eigenvalue weighted by atomic mass is 79.9. The van der Waals surface area contributed by atoms with E-state index in [0.717, 1.165) is 17.7 Å². The highest BCUT2D eigenvalue weighted by Gasteiger charge is 1.98. The number of aryl methyl sites for hydroxylation is 1. The molecule has 0 saturated carbocycles. The van der Waals surface area contributed by atoms with Gasteiger partial charge in [-0.05, 0) is 56.2 Å². The average Bonchev–Trinajstić information content (AvgIpc) is 2.64. The van der Waals surface area contributed by atoms with E-state index < -0.39 is 0 Å². The number of hydrogen-bond acceptors (Lipinski definition) is 1. The number of ether oxygens (including phenoxy) is 1. The van der Waals surface area contributed by atoms with Crippen molar-refractivity contribution in [1.82, 2.24) is 0 Å². The van der Waals surface area contributed by atoms with E-state index in [1.54, 1.807) is 0 Å². The molecule has 1 aromatic carbocycles. The Morgan fingerprint density at radius 2 is 1.56 bits per heavy atom. The van der Waals surface area contributed by atoms with E-state index in [1.807, 2.05) is 6.07 Å². The molecule has 2 heteroatoms. The molecule has 0 amide bonds. The van der Waals surface area contributed by atoms with E-state index >= 15 is 0 Å². The lowest BCUT2D eigenvalue weighted by molar-refractivity contribution is 0.344. The summed E-state index contributed by atoms with van der Waals surface area (Å²) in [6, 6.07) is 8.55. The molecule has 1 rings (SSSR count). The molecule has 0 radical (unpaired) electrons. The lowest BCUT2D eigenvalue weighted by Crippen LogP contribution is -1.98. The van der Waals surface area contributed by atoms with Crippen LogP contribution in [-0.2, 0) is 6.42 Å². The van der Waals surface area contributed by atoms with Gasteiger partial charge in [-0.1, -0.05) is 85.7 Å². The van der Waals surface area contributed by atoms with Gasteiger partial charge in [0.05, 0.1) is 6.61 Å². The van der Waals surface area contributed by atoms with Crippen molar-refractivity contribution in [3.8, 4) is 5.75 Å². The van der Waals surface area contributed by atoms with Crippen LogP contribution >= 0.6 is 15.9 Å². The smallest absolute Gasteiger partial charge is 0.119 e. The van der Waals surface area contributed by atoms with Crippen LogP contribution in [0, 0.1) is 0 Å². The molecule has 0 aliphatic carbocycles. The number of benzene rings is 1. The zero-order chi connectivity index (χ0) is 18.0. The van der Waals surface area contributed by atoms with E-state index in [2.05, 4.69) is 53.2 Å². The average molecular weight is 409 g/mol. The maximum absolute atomic E-state index is 5.66. The molecule has 0 fully saturated rings. The van der Waals surface area contributed by atoms with Crippen molar-refractivity contribution in [3.05, 3.63) is 42.0 Å². The lowest BCUT2D eigenvalue weighted by atomic mass is 10.0. The number of unbranched alkanes of at least 4 members (excludes halogenated alkanes) is 9. The van der Waals surface area contributed by atoms with Gasteiger partial charge in [0.25, 0.3) is 0 Å². The molecule has 142 valence electrons. The fourth-order valence-corrected chi connectivity index (χ4v) is 3.16. The number of hydrogen-bond donors (Lipinski definition) is 0. The first-order chi connectivity index (χ1) is 12.4. The number of alkyl halides is 1. The quantitative estimate of drug-likeness (QED) is 0.153. The van der Waals surface area contributed by atoms with Crippen molar-refractivity contribution in [2.45, 2.75) is 84.0 Å². The van der Waals surface area contributed by atoms with Gasteiger partial charge in [0.2, 0.25) is 0 Å². The molecular weight excluding hydrogens is 372 g/mol. The summed E-state index contributed by atoms with van der Waals surface area (Å²) < 4.78 is 5.66. The van der Waals surface area contributed by atoms with Gasteiger partial charge in [-0.2, -0.15) is 0 Å². The molecule has 0 spiro atoms. The predicted molar refractivity (Wildman–Crippen MR) is 115 cm³/mol. The maximum atomic E-state index is 5.66. The summed E-state index contributed by atoms with van der Waals surface area (Å²) in [5.74, 6) is 0.999. The van der Waals surface area contributed by atoms with Crippen LogP contribution in [0.15, 0.2) is 36.4 Å². The second-order valence-electron chi connectivity index (χ2n) is 6.81. The van der Waals surface area contributed by atoms with Gasteiger partial charge < -0.3 is 4.74 Å². The summed E-state index contributed by atoms with van der Waals surface area (Å²) in [5, 5.41) is 0.880. The van der Waals surface area contributed by atoms with E-state index in [9.17, 15) is 0 Å². The first-order valence-electron chi connectivity index (χ1n) is 10.3. The fourth-order valence-electron chi connectivity index (χ4n) is 2.99. The van der Waals surface area contributed by atoms with E-state index in [0.29, 0.717) is 0 Å². The highest BCUT2D eigenvalue weighted by molar-refractivity contribution is 9.09. The van der Waals surface area contributed by atoms with Crippen LogP contribution in [0.5, 0.6) is 5.75 Å². The van der Waals surface area contributed by atoms with Crippen LogP contribution < -0.4 is 4.74 Å². The Kier molecular flexibility index (Phi) is 14.9. The summed E-state index contributed by atoms with van der Waals surface area (Å²) >= 11 is 3.39. The van der Waals surface area contributed by atoms with Crippen LogP contribution in [0.1, 0.15) is 83.1 Å². The largest absolute Gasteiger partial charge is 0.493 e. The minimum atomic E-state index is 0.733. The second-order valence-corrected chi connectivity index (χ2v) is 7.61. The molecule has 0 heterocycles. The number of allylic oxidation sites excluding steroid dienone is 2. The molecule has 0 unspecified atom stereocenters. The van der Waals surface area contributed by atoms with Crippen molar-refractivity contribution >= 4 is 15.9 Å². The summed E-state index contributed by atoms with van der Waals surface area (Å²) in [4.78, 5) is 0. The van der Waals surface area contributed by atoms with Gasteiger partial charge in [0, 0.05) is 5.33 Å². The fraction of sp³-hybridized carbons (Fsp3) is 0.652. The topological polar surface area (TPSA) is 9.23 Å². The van der Waals surface area contributed by atoms with Crippen LogP contribution in [0.25, 0.3) is 0 Å². The normalized spacial score (nSPS) is 11.3. The standard InChI is InChI=1S/C23H37BrO/c1-2-3-4-5-6-7-8-9-10-11-12-13-14-16-22-17-15-18-23(21-22)25-20-19-24/h7-8,15,17-18,21H,2-6,9-14,16,19-20H2,1H3.